The quantitative estimate of drug-likeness (QED) is 0.877. The van der Waals surface area contributed by atoms with E-state index in [4.69, 9.17) is 4.52 Å². The molecule has 6 nitrogen and oxygen atoms in total. The van der Waals surface area contributed by atoms with E-state index >= 15 is 0 Å². The summed E-state index contributed by atoms with van der Waals surface area (Å²) in [5.41, 5.74) is 0. The Morgan fingerprint density at radius 3 is 2.90 bits per heavy atom. The second-order valence-electron chi connectivity index (χ2n) is 6.11. The molecule has 1 aromatic rings. The molecule has 0 radical (unpaired) electrons. The number of hydrogen-bond acceptors (Lipinski definition) is 6. The van der Waals surface area contributed by atoms with Gasteiger partial charge >= 0.3 is 0 Å². The van der Waals surface area contributed by atoms with Crippen molar-refractivity contribution in [2.45, 2.75) is 37.8 Å². The predicted molar refractivity (Wildman–Crippen MR) is 76.4 cm³/mol. The molecule has 2 fully saturated rings. The van der Waals surface area contributed by atoms with Gasteiger partial charge in [-0.2, -0.15) is 4.98 Å². The third-order valence-electron chi connectivity index (χ3n) is 4.43. The van der Waals surface area contributed by atoms with E-state index in [0.717, 1.165) is 44.3 Å². The average molecular weight is 279 g/mol. The fourth-order valence-electron chi connectivity index (χ4n) is 3.14. The predicted octanol–water partition coefficient (Wildman–Crippen LogP) is 1.19. The van der Waals surface area contributed by atoms with Crippen LogP contribution in [-0.4, -0.2) is 60.2 Å². The normalized spacial score (nSPS) is 30.3. The Morgan fingerprint density at radius 2 is 2.10 bits per heavy atom. The zero-order chi connectivity index (χ0) is 13.9. The first-order valence-corrected chi connectivity index (χ1v) is 7.69. The molecule has 1 N–H and O–H groups in total. The smallest absolute Gasteiger partial charge is 0.243 e. The fourth-order valence-corrected chi connectivity index (χ4v) is 3.14. The molecule has 2 atom stereocenters. The lowest BCUT2D eigenvalue weighted by Gasteiger charge is -2.24. The van der Waals surface area contributed by atoms with Crippen LogP contribution in [0.2, 0.25) is 0 Å². The number of piperidine rings is 1. The summed E-state index contributed by atoms with van der Waals surface area (Å²) in [4.78, 5) is 9.37. The van der Waals surface area contributed by atoms with Crippen molar-refractivity contribution < 1.29 is 4.52 Å². The third kappa shape index (κ3) is 3.02. The van der Waals surface area contributed by atoms with Gasteiger partial charge in [0.25, 0.3) is 0 Å². The summed E-state index contributed by atoms with van der Waals surface area (Å²) in [7, 11) is 4.31. The van der Waals surface area contributed by atoms with Crippen LogP contribution in [0, 0.1) is 0 Å². The molecular formula is C14H25N5O. The van der Waals surface area contributed by atoms with E-state index in [2.05, 4.69) is 39.4 Å². The molecule has 3 heterocycles. The SMILES string of the molecule is CN1CCCN(C)C(c2noc([C@@H]3CCCCN3)n2)C1. The van der Waals surface area contributed by atoms with Crippen molar-refractivity contribution in [3.8, 4) is 0 Å². The van der Waals surface area contributed by atoms with Crippen molar-refractivity contribution in [3.63, 3.8) is 0 Å². The molecule has 2 saturated heterocycles. The van der Waals surface area contributed by atoms with Crippen LogP contribution < -0.4 is 5.32 Å². The van der Waals surface area contributed by atoms with Gasteiger partial charge in [-0.05, 0) is 53.0 Å². The molecule has 0 aromatic carbocycles. The van der Waals surface area contributed by atoms with Gasteiger partial charge in [-0.25, -0.2) is 0 Å². The van der Waals surface area contributed by atoms with Gasteiger partial charge in [0, 0.05) is 6.54 Å². The zero-order valence-electron chi connectivity index (χ0n) is 12.5. The molecule has 0 aliphatic carbocycles. The lowest BCUT2D eigenvalue weighted by molar-refractivity contribution is 0.214. The molecule has 1 unspecified atom stereocenters. The van der Waals surface area contributed by atoms with E-state index in [1.54, 1.807) is 0 Å². The third-order valence-corrected chi connectivity index (χ3v) is 4.43. The molecule has 112 valence electrons. The number of nitrogens with zero attached hydrogens (tertiary/aromatic N) is 4. The summed E-state index contributed by atoms with van der Waals surface area (Å²) >= 11 is 0. The van der Waals surface area contributed by atoms with Gasteiger partial charge in [0.1, 0.15) is 0 Å². The fraction of sp³-hybridized carbons (Fsp3) is 0.857. The lowest BCUT2D eigenvalue weighted by Crippen LogP contribution is -2.31. The first kappa shape index (κ1) is 14.0. The van der Waals surface area contributed by atoms with Crippen LogP contribution in [0.15, 0.2) is 4.52 Å². The minimum absolute atomic E-state index is 0.239. The maximum atomic E-state index is 5.51. The van der Waals surface area contributed by atoms with E-state index in [0.29, 0.717) is 0 Å². The Labute approximate surface area is 120 Å². The van der Waals surface area contributed by atoms with Gasteiger partial charge in [0.2, 0.25) is 5.89 Å². The van der Waals surface area contributed by atoms with Crippen molar-refractivity contribution in [3.05, 3.63) is 11.7 Å². The van der Waals surface area contributed by atoms with Crippen LogP contribution in [0.1, 0.15) is 49.5 Å². The molecule has 3 rings (SSSR count). The first-order chi connectivity index (χ1) is 9.74. The summed E-state index contributed by atoms with van der Waals surface area (Å²) in [5.74, 6) is 1.60. The van der Waals surface area contributed by atoms with Crippen molar-refractivity contribution in [2.75, 3.05) is 40.3 Å². The number of hydrogen-bond donors (Lipinski definition) is 1. The summed E-state index contributed by atoms with van der Waals surface area (Å²) < 4.78 is 5.51. The number of rotatable bonds is 2. The van der Waals surface area contributed by atoms with Crippen molar-refractivity contribution in [1.82, 2.24) is 25.3 Å². The largest absolute Gasteiger partial charge is 0.338 e. The van der Waals surface area contributed by atoms with E-state index in [1.165, 1.54) is 19.3 Å². The summed E-state index contributed by atoms with van der Waals surface area (Å²) in [6, 6.07) is 0.488. The highest BCUT2D eigenvalue weighted by Gasteiger charge is 2.28. The molecule has 0 spiro atoms. The van der Waals surface area contributed by atoms with E-state index in [9.17, 15) is 0 Å². The van der Waals surface area contributed by atoms with Crippen LogP contribution >= 0.6 is 0 Å². The lowest BCUT2D eigenvalue weighted by atomic mass is 10.1. The van der Waals surface area contributed by atoms with Gasteiger partial charge in [0.15, 0.2) is 5.82 Å². The van der Waals surface area contributed by atoms with E-state index in [1.807, 2.05) is 0 Å². The highest BCUT2D eigenvalue weighted by molar-refractivity contribution is 5.00. The van der Waals surface area contributed by atoms with Gasteiger partial charge in [-0.15, -0.1) is 0 Å². The second kappa shape index (κ2) is 6.20. The van der Waals surface area contributed by atoms with Gasteiger partial charge in [0.05, 0.1) is 12.1 Å². The maximum Gasteiger partial charge on any atom is 0.243 e. The van der Waals surface area contributed by atoms with Crippen molar-refractivity contribution in [2.24, 2.45) is 0 Å². The Kier molecular flexibility index (Phi) is 4.33. The molecule has 0 bridgehead atoms. The van der Waals surface area contributed by atoms with Crippen LogP contribution in [0.3, 0.4) is 0 Å². The zero-order valence-corrected chi connectivity index (χ0v) is 12.5. The number of likely N-dealkylation sites (N-methyl/N-ethyl adjacent to an activating group) is 2. The molecule has 2 aliphatic rings. The van der Waals surface area contributed by atoms with Crippen LogP contribution in [-0.2, 0) is 0 Å². The van der Waals surface area contributed by atoms with Crippen LogP contribution in [0.25, 0.3) is 0 Å². The average Bonchev–Trinajstić information content (AvgIpc) is 2.88. The van der Waals surface area contributed by atoms with Crippen molar-refractivity contribution in [1.29, 1.82) is 0 Å². The monoisotopic (exact) mass is 279 g/mol. The summed E-state index contributed by atoms with van der Waals surface area (Å²) in [6.45, 7) is 4.23. The Bertz CT molecular complexity index is 429. The molecule has 6 heteroatoms. The van der Waals surface area contributed by atoms with Gasteiger partial charge in [-0.3, -0.25) is 4.90 Å². The highest BCUT2D eigenvalue weighted by Crippen LogP contribution is 2.25. The van der Waals surface area contributed by atoms with Crippen molar-refractivity contribution >= 4 is 0 Å². The molecular weight excluding hydrogens is 254 g/mol. The molecule has 2 aliphatic heterocycles. The Morgan fingerprint density at radius 1 is 1.20 bits per heavy atom. The van der Waals surface area contributed by atoms with E-state index in [-0.39, 0.29) is 12.1 Å². The van der Waals surface area contributed by atoms with Crippen LogP contribution in [0.5, 0.6) is 0 Å². The van der Waals surface area contributed by atoms with Gasteiger partial charge < -0.3 is 14.7 Å². The Hall–Kier alpha value is -0.980. The summed E-state index contributed by atoms with van der Waals surface area (Å²) in [6.07, 6.45) is 4.77. The molecule has 0 saturated carbocycles. The van der Waals surface area contributed by atoms with Gasteiger partial charge in [-0.1, -0.05) is 11.6 Å². The first-order valence-electron chi connectivity index (χ1n) is 7.69. The highest BCUT2D eigenvalue weighted by atomic mass is 16.5. The molecule has 1 aromatic heterocycles. The molecule has 0 amide bonds. The standard InChI is InChI=1S/C14H25N5O/c1-18-8-5-9-19(2)12(10-18)13-16-14(20-17-13)11-6-3-4-7-15-11/h11-12,15H,3-10H2,1-2H3/t11-,12?/m0/s1. The van der Waals surface area contributed by atoms with E-state index < -0.39 is 0 Å². The maximum absolute atomic E-state index is 5.51. The Balaban J connectivity index is 1.74. The number of nitrogens with one attached hydrogen (secondary N) is 1. The molecule has 20 heavy (non-hydrogen) atoms. The van der Waals surface area contributed by atoms with Crippen LogP contribution in [0.4, 0.5) is 0 Å². The minimum atomic E-state index is 0.239. The second-order valence-corrected chi connectivity index (χ2v) is 6.11. The minimum Gasteiger partial charge on any atom is -0.338 e. The summed E-state index contributed by atoms with van der Waals surface area (Å²) in [5, 5.41) is 7.71. The topological polar surface area (TPSA) is 57.4 Å². The number of aromatic nitrogens is 2.